The Labute approximate surface area is 83.5 Å². The monoisotopic (exact) mass is 196 g/mol. The normalized spacial score (nSPS) is 10.2. The fraction of sp³-hybridized carbons (Fsp3) is 0.556. The fourth-order valence-electron chi connectivity index (χ4n) is 1.13. The molecule has 0 aliphatic carbocycles. The molecule has 0 saturated carbocycles. The van der Waals surface area contributed by atoms with Crippen LogP contribution in [0.4, 0.5) is 0 Å². The van der Waals surface area contributed by atoms with E-state index in [1.165, 1.54) is 0 Å². The average molecular weight is 196 g/mol. The van der Waals surface area contributed by atoms with E-state index in [9.17, 15) is 4.79 Å². The molecule has 0 saturated heterocycles. The molecule has 0 aliphatic heterocycles. The van der Waals surface area contributed by atoms with Crippen molar-refractivity contribution in [2.45, 2.75) is 13.0 Å². The zero-order chi connectivity index (χ0) is 10.6. The van der Waals surface area contributed by atoms with Gasteiger partial charge in [-0.3, -0.25) is 4.79 Å². The lowest BCUT2D eigenvalue weighted by atomic mass is 10.3. The van der Waals surface area contributed by atoms with E-state index < -0.39 is 0 Å². The van der Waals surface area contributed by atoms with Gasteiger partial charge in [0.05, 0.1) is 6.33 Å². The Balaban J connectivity index is 2.66. The summed E-state index contributed by atoms with van der Waals surface area (Å²) in [6.07, 6.45) is 4.16. The number of aromatic nitrogens is 2. The molecule has 0 aromatic carbocycles. The highest BCUT2D eigenvalue weighted by Crippen LogP contribution is 2.00. The first kappa shape index (κ1) is 10.7. The standard InChI is InChI=1S/C9H16N4O/c1-12(2)9(14)6-13-7-11-5-8(13)3-4-10/h5,7H,3-4,6,10H2,1-2H3. The minimum absolute atomic E-state index is 0.0567. The summed E-state index contributed by atoms with van der Waals surface area (Å²) < 4.78 is 1.83. The summed E-state index contributed by atoms with van der Waals surface area (Å²) in [6.45, 7) is 0.907. The van der Waals surface area contributed by atoms with Crippen LogP contribution in [0.15, 0.2) is 12.5 Å². The van der Waals surface area contributed by atoms with Gasteiger partial charge in [-0.2, -0.15) is 0 Å². The summed E-state index contributed by atoms with van der Waals surface area (Å²) in [5, 5.41) is 0. The van der Waals surface area contributed by atoms with E-state index in [1.54, 1.807) is 31.5 Å². The molecule has 5 heteroatoms. The van der Waals surface area contributed by atoms with Gasteiger partial charge in [0.25, 0.3) is 0 Å². The number of hydrogen-bond donors (Lipinski definition) is 1. The van der Waals surface area contributed by atoms with Crippen molar-refractivity contribution in [2.75, 3.05) is 20.6 Å². The van der Waals surface area contributed by atoms with E-state index in [1.807, 2.05) is 4.57 Å². The van der Waals surface area contributed by atoms with Gasteiger partial charge in [-0.05, 0) is 6.54 Å². The van der Waals surface area contributed by atoms with Crippen LogP contribution in [-0.4, -0.2) is 41.0 Å². The smallest absolute Gasteiger partial charge is 0.242 e. The molecule has 5 nitrogen and oxygen atoms in total. The lowest BCUT2D eigenvalue weighted by Gasteiger charge is -2.12. The fourth-order valence-corrected chi connectivity index (χ4v) is 1.13. The molecule has 0 unspecified atom stereocenters. The predicted molar refractivity (Wildman–Crippen MR) is 53.7 cm³/mol. The number of nitrogens with zero attached hydrogens (tertiary/aromatic N) is 3. The maximum atomic E-state index is 11.4. The second-order valence-corrected chi connectivity index (χ2v) is 3.34. The average Bonchev–Trinajstić information content (AvgIpc) is 2.53. The molecular formula is C9H16N4O. The van der Waals surface area contributed by atoms with Crippen molar-refractivity contribution in [1.29, 1.82) is 0 Å². The zero-order valence-electron chi connectivity index (χ0n) is 8.60. The molecule has 0 atom stereocenters. The number of imidazole rings is 1. The van der Waals surface area contributed by atoms with E-state index in [0.29, 0.717) is 13.1 Å². The first-order valence-electron chi connectivity index (χ1n) is 4.54. The van der Waals surface area contributed by atoms with Crippen LogP contribution in [-0.2, 0) is 17.8 Å². The van der Waals surface area contributed by atoms with Crippen LogP contribution in [0.5, 0.6) is 0 Å². The van der Waals surface area contributed by atoms with Crippen molar-refractivity contribution in [3.05, 3.63) is 18.2 Å². The number of hydrogen-bond acceptors (Lipinski definition) is 3. The molecular weight excluding hydrogens is 180 g/mol. The minimum atomic E-state index is 0.0567. The first-order valence-corrected chi connectivity index (χ1v) is 4.54. The van der Waals surface area contributed by atoms with Gasteiger partial charge in [0.15, 0.2) is 0 Å². The van der Waals surface area contributed by atoms with Crippen molar-refractivity contribution in [3.63, 3.8) is 0 Å². The van der Waals surface area contributed by atoms with E-state index in [2.05, 4.69) is 4.98 Å². The first-order chi connectivity index (χ1) is 6.65. The lowest BCUT2D eigenvalue weighted by Crippen LogP contribution is -2.26. The lowest BCUT2D eigenvalue weighted by molar-refractivity contribution is -0.129. The number of likely N-dealkylation sites (N-methyl/N-ethyl adjacent to an activating group) is 1. The molecule has 0 aliphatic rings. The highest BCUT2D eigenvalue weighted by Gasteiger charge is 2.07. The van der Waals surface area contributed by atoms with Gasteiger partial charge in [-0.15, -0.1) is 0 Å². The van der Waals surface area contributed by atoms with Crippen molar-refractivity contribution in [1.82, 2.24) is 14.5 Å². The summed E-state index contributed by atoms with van der Waals surface area (Å²) in [6, 6.07) is 0. The molecule has 2 N–H and O–H groups in total. The minimum Gasteiger partial charge on any atom is -0.347 e. The molecule has 78 valence electrons. The highest BCUT2D eigenvalue weighted by molar-refractivity contribution is 5.75. The molecule has 0 radical (unpaired) electrons. The third-order valence-corrected chi connectivity index (χ3v) is 2.00. The molecule has 0 spiro atoms. The maximum absolute atomic E-state index is 11.4. The maximum Gasteiger partial charge on any atom is 0.242 e. The van der Waals surface area contributed by atoms with Crippen LogP contribution in [0.2, 0.25) is 0 Å². The number of amides is 1. The second-order valence-electron chi connectivity index (χ2n) is 3.34. The zero-order valence-corrected chi connectivity index (χ0v) is 8.60. The van der Waals surface area contributed by atoms with Gasteiger partial charge in [-0.1, -0.05) is 0 Å². The van der Waals surface area contributed by atoms with Gasteiger partial charge >= 0.3 is 0 Å². The van der Waals surface area contributed by atoms with Gasteiger partial charge in [0, 0.05) is 32.4 Å². The van der Waals surface area contributed by atoms with Gasteiger partial charge in [0.1, 0.15) is 6.54 Å². The molecule has 0 bridgehead atoms. The van der Waals surface area contributed by atoms with Gasteiger partial charge < -0.3 is 15.2 Å². The largest absolute Gasteiger partial charge is 0.347 e. The molecule has 14 heavy (non-hydrogen) atoms. The Kier molecular flexibility index (Phi) is 3.64. The number of rotatable bonds is 4. The number of carbonyl (C=O) groups excluding carboxylic acids is 1. The van der Waals surface area contributed by atoms with Crippen LogP contribution >= 0.6 is 0 Å². The third kappa shape index (κ3) is 2.56. The number of carbonyl (C=O) groups is 1. The number of nitrogens with two attached hydrogens (primary N) is 1. The molecule has 0 fully saturated rings. The quantitative estimate of drug-likeness (QED) is 0.704. The topological polar surface area (TPSA) is 64.2 Å². The summed E-state index contributed by atoms with van der Waals surface area (Å²) in [4.78, 5) is 17.0. The molecule has 1 aromatic rings. The molecule has 1 aromatic heterocycles. The predicted octanol–water partition coefficient (Wildman–Crippen LogP) is -0.527. The van der Waals surface area contributed by atoms with E-state index in [4.69, 9.17) is 5.73 Å². The van der Waals surface area contributed by atoms with Crippen LogP contribution in [0.25, 0.3) is 0 Å². The third-order valence-electron chi connectivity index (χ3n) is 2.00. The van der Waals surface area contributed by atoms with E-state index >= 15 is 0 Å². The van der Waals surface area contributed by atoms with Crippen LogP contribution in [0.1, 0.15) is 5.69 Å². The second kappa shape index (κ2) is 4.76. The Morgan fingerprint density at radius 3 is 2.93 bits per heavy atom. The van der Waals surface area contributed by atoms with Crippen molar-refractivity contribution >= 4 is 5.91 Å². The van der Waals surface area contributed by atoms with Crippen molar-refractivity contribution in [3.8, 4) is 0 Å². The van der Waals surface area contributed by atoms with Gasteiger partial charge in [-0.25, -0.2) is 4.98 Å². The van der Waals surface area contributed by atoms with Crippen molar-refractivity contribution in [2.24, 2.45) is 5.73 Å². The summed E-state index contributed by atoms with van der Waals surface area (Å²) >= 11 is 0. The Morgan fingerprint density at radius 2 is 2.36 bits per heavy atom. The SMILES string of the molecule is CN(C)C(=O)Cn1cncc1CCN. The van der Waals surface area contributed by atoms with Crippen molar-refractivity contribution < 1.29 is 4.79 Å². The highest BCUT2D eigenvalue weighted by atomic mass is 16.2. The van der Waals surface area contributed by atoms with Crippen LogP contribution in [0, 0.1) is 0 Å². The Hall–Kier alpha value is -1.36. The summed E-state index contributed by atoms with van der Waals surface area (Å²) in [5.41, 5.74) is 6.45. The Morgan fingerprint density at radius 1 is 1.64 bits per heavy atom. The Bertz CT molecular complexity index is 306. The summed E-state index contributed by atoms with van der Waals surface area (Å²) in [5.74, 6) is 0.0567. The van der Waals surface area contributed by atoms with E-state index in [0.717, 1.165) is 12.1 Å². The molecule has 1 rings (SSSR count). The van der Waals surface area contributed by atoms with E-state index in [-0.39, 0.29) is 5.91 Å². The molecule has 1 amide bonds. The van der Waals surface area contributed by atoms with Gasteiger partial charge in [0.2, 0.25) is 5.91 Å². The van der Waals surface area contributed by atoms with Crippen LogP contribution < -0.4 is 5.73 Å². The summed E-state index contributed by atoms with van der Waals surface area (Å²) in [7, 11) is 3.48. The molecule has 1 heterocycles. The van der Waals surface area contributed by atoms with Crippen LogP contribution in [0.3, 0.4) is 0 Å².